The Labute approximate surface area is 152 Å². The molecule has 0 bridgehead atoms. The molecule has 136 valence electrons. The van der Waals surface area contributed by atoms with E-state index in [1.54, 1.807) is 0 Å². The maximum Gasteiger partial charge on any atom is 0.411 e. The number of hydrogen-bond acceptors (Lipinski definition) is 3. The molecular formula is C17H15F3N4OS. The number of hydrogen-bond donors (Lipinski definition) is 2. The molecular weight excluding hydrogens is 365 g/mol. The Kier molecular flexibility index (Phi) is 5.38. The Bertz CT molecular complexity index is 905. The van der Waals surface area contributed by atoms with Gasteiger partial charge in [0.25, 0.3) is 0 Å². The van der Waals surface area contributed by atoms with E-state index in [2.05, 4.69) is 20.5 Å². The first kappa shape index (κ1) is 18.2. The van der Waals surface area contributed by atoms with Gasteiger partial charge < -0.3 is 15.4 Å². The lowest BCUT2D eigenvalue weighted by atomic mass is 10.1. The van der Waals surface area contributed by atoms with Gasteiger partial charge in [-0.3, -0.25) is 0 Å². The van der Waals surface area contributed by atoms with Gasteiger partial charge >= 0.3 is 6.18 Å². The number of nitrogens with one attached hydrogen (secondary N) is 2. The predicted molar refractivity (Wildman–Crippen MR) is 98.0 cm³/mol. The number of ether oxygens (including phenoxy) is 1. The van der Waals surface area contributed by atoms with Crippen molar-refractivity contribution in [3.05, 3.63) is 54.9 Å². The summed E-state index contributed by atoms with van der Waals surface area (Å²) < 4.78 is 42.0. The zero-order valence-electron chi connectivity index (χ0n) is 13.5. The molecule has 3 rings (SSSR count). The van der Waals surface area contributed by atoms with Crippen LogP contribution in [-0.4, -0.2) is 27.7 Å². The number of thiocarbonyl (C=S) groups is 1. The van der Waals surface area contributed by atoms with Crippen LogP contribution in [0, 0.1) is 0 Å². The van der Waals surface area contributed by atoms with E-state index in [0.29, 0.717) is 10.8 Å². The molecule has 0 unspecified atom stereocenters. The van der Waals surface area contributed by atoms with Crippen molar-refractivity contribution in [3.63, 3.8) is 0 Å². The summed E-state index contributed by atoms with van der Waals surface area (Å²) >= 11 is 5.29. The highest BCUT2D eigenvalue weighted by molar-refractivity contribution is 7.80. The van der Waals surface area contributed by atoms with Gasteiger partial charge in [-0.15, -0.1) is 0 Å². The van der Waals surface area contributed by atoms with E-state index >= 15 is 0 Å². The molecule has 0 aliphatic rings. The van der Waals surface area contributed by atoms with Crippen molar-refractivity contribution in [2.75, 3.05) is 17.2 Å². The molecule has 1 aromatic heterocycles. The van der Waals surface area contributed by atoms with E-state index < -0.39 is 12.8 Å². The normalized spacial score (nSPS) is 11.5. The summed E-state index contributed by atoms with van der Waals surface area (Å²) in [5.41, 5.74) is 1.39. The third-order valence-corrected chi connectivity index (χ3v) is 3.62. The molecule has 0 radical (unpaired) electrons. The maximum atomic E-state index is 12.1. The van der Waals surface area contributed by atoms with Crippen molar-refractivity contribution in [3.8, 4) is 0 Å². The van der Waals surface area contributed by atoms with Crippen molar-refractivity contribution < 1.29 is 17.9 Å². The standard InChI is InChI=1S/C17H15F3N4OS/c18-17(19,20)10-25-11-24-9-13(8-21-24)22-16(26)23-15-7-3-5-12-4-1-2-6-14(12)15/h1-9H,10-11H2,(H2,22,23,26). The minimum absolute atomic E-state index is 0.301. The van der Waals surface area contributed by atoms with Crippen molar-refractivity contribution in [2.24, 2.45) is 0 Å². The van der Waals surface area contributed by atoms with Gasteiger partial charge in [-0.1, -0.05) is 36.4 Å². The zero-order chi connectivity index (χ0) is 18.6. The van der Waals surface area contributed by atoms with Crippen molar-refractivity contribution in [2.45, 2.75) is 12.9 Å². The van der Waals surface area contributed by atoms with Crippen LogP contribution < -0.4 is 10.6 Å². The summed E-state index contributed by atoms with van der Waals surface area (Å²) in [6.07, 6.45) is -1.40. The smallest absolute Gasteiger partial charge is 0.350 e. The average molecular weight is 380 g/mol. The fraction of sp³-hybridized carbons (Fsp3) is 0.176. The van der Waals surface area contributed by atoms with Crippen molar-refractivity contribution >= 4 is 39.5 Å². The van der Waals surface area contributed by atoms with Crippen LogP contribution in [-0.2, 0) is 11.5 Å². The summed E-state index contributed by atoms with van der Waals surface area (Å²) in [6, 6.07) is 13.7. The second kappa shape index (κ2) is 7.71. The highest BCUT2D eigenvalue weighted by atomic mass is 32.1. The number of fused-ring (bicyclic) bond motifs is 1. The first-order chi connectivity index (χ1) is 12.4. The van der Waals surface area contributed by atoms with Crippen molar-refractivity contribution in [1.82, 2.24) is 9.78 Å². The summed E-state index contributed by atoms with van der Waals surface area (Å²) in [5, 5.41) is 12.4. The Morgan fingerprint density at radius 1 is 1.12 bits per heavy atom. The second-order valence-corrected chi connectivity index (χ2v) is 5.88. The van der Waals surface area contributed by atoms with E-state index in [1.165, 1.54) is 17.1 Å². The molecule has 0 saturated heterocycles. The van der Waals surface area contributed by atoms with E-state index in [-0.39, 0.29) is 6.73 Å². The van der Waals surface area contributed by atoms with Crippen LogP contribution in [0.15, 0.2) is 54.9 Å². The molecule has 0 atom stereocenters. The highest BCUT2D eigenvalue weighted by Gasteiger charge is 2.27. The lowest BCUT2D eigenvalue weighted by Gasteiger charge is -2.11. The number of halogens is 3. The number of rotatable bonds is 5. The quantitative estimate of drug-likeness (QED) is 0.644. The van der Waals surface area contributed by atoms with Crippen LogP contribution in [0.4, 0.5) is 24.5 Å². The van der Waals surface area contributed by atoms with Crippen molar-refractivity contribution in [1.29, 1.82) is 0 Å². The Balaban J connectivity index is 1.58. The van der Waals surface area contributed by atoms with Crippen LogP contribution in [0.1, 0.15) is 0 Å². The molecule has 0 aliphatic heterocycles. The SMILES string of the molecule is FC(F)(F)COCn1cc(NC(=S)Nc2cccc3ccccc23)cn1. The summed E-state index contributed by atoms with van der Waals surface area (Å²) in [7, 11) is 0. The maximum absolute atomic E-state index is 12.1. The Morgan fingerprint density at radius 2 is 1.88 bits per heavy atom. The van der Waals surface area contributed by atoms with Gasteiger partial charge in [0.15, 0.2) is 5.11 Å². The third-order valence-electron chi connectivity index (χ3n) is 3.42. The average Bonchev–Trinajstić information content (AvgIpc) is 3.01. The van der Waals surface area contributed by atoms with Gasteiger partial charge in [0.2, 0.25) is 0 Å². The molecule has 0 amide bonds. The number of anilines is 2. The Hall–Kier alpha value is -2.65. The van der Waals surface area contributed by atoms with Crippen LogP contribution in [0.2, 0.25) is 0 Å². The van der Waals surface area contributed by atoms with E-state index in [9.17, 15) is 13.2 Å². The molecule has 2 N–H and O–H groups in total. The summed E-state index contributed by atoms with van der Waals surface area (Å²) in [5.74, 6) is 0. The minimum atomic E-state index is -4.36. The number of alkyl halides is 3. The molecule has 3 aromatic rings. The first-order valence-electron chi connectivity index (χ1n) is 7.63. The first-order valence-corrected chi connectivity index (χ1v) is 8.04. The summed E-state index contributed by atoms with van der Waals surface area (Å²) in [4.78, 5) is 0. The number of aromatic nitrogens is 2. The fourth-order valence-corrected chi connectivity index (χ4v) is 2.60. The number of nitrogens with zero attached hydrogens (tertiary/aromatic N) is 2. The van der Waals surface area contributed by atoms with Crippen LogP contribution in [0.5, 0.6) is 0 Å². The molecule has 0 saturated carbocycles. The zero-order valence-corrected chi connectivity index (χ0v) is 14.3. The fourth-order valence-electron chi connectivity index (χ4n) is 2.37. The van der Waals surface area contributed by atoms with Crippen LogP contribution in [0.3, 0.4) is 0 Å². The molecule has 0 fully saturated rings. The molecule has 1 heterocycles. The second-order valence-electron chi connectivity index (χ2n) is 5.47. The number of benzene rings is 2. The molecule has 0 spiro atoms. The predicted octanol–water partition coefficient (Wildman–Crippen LogP) is 4.38. The largest absolute Gasteiger partial charge is 0.411 e. The van der Waals surface area contributed by atoms with Gasteiger partial charge in [0.05, 0.1) is 18.1 Å². The van der Waals surface area contributed by atoms with Gasteiger partial charge in [0.1, 0.15) is 13.3 Å². The van der Waals surface area contributed by atoms with Crippen LogP contribution in [0.25, 0.3) is 10.8 Å². The van der Waals surface area contributed by atoms with E-state index in [4.69, 9.17) is 12.2 Å². The topological polar surface area (TPSA) is 51.1 Å². The lowest BCUT2D eigenvalue weighted by molar-refractivity contribution is -0.182. The third kappa shape index (κ3) is 4.93. The minimum Gasteiger partial charge on any atom is -0.350 e. The molecule has 0 aliphatic carbocycles. The summed E-state index contributed by atoms with van der Waals surface area (Å²) in [6.45, 7) is -1.62. The highest BCUT2D eigenvalue weighted by Crippen LogP contribution is 2.23. The molecule has 26 heavy (non-hydrogen) atoms. The van der Waals surface area contributed by atoms with E-state index in [1.807, 2.05) is 42.5 Å². The van der Waals surface area contributed by atoms with Gasteiger partial charge in [0, 0.05) is 11.1 Å². The monoisotopic (exact) mass is 380 g/mol. The molecule has 9 heteroatoms. The Morgan fingerprint density at radius 3 is 2.69 bits per heavy atom. The van der Waals surface area contributed by atoms with E-state index in [0.717, 1.165) is 16.5 Å². The lowest BCUT2D eigenvalue weighted by Crippen LogP contribution is -2.19. The molecule has 5 nitrogen and oxygen atoms in total. The van der Waals surface area contributed by atoms with Gasteiger partial charge in [-0.05, 0) is 23.7 Å². The van der Waals surface area contributed by atoms with Gasteiger partial charge in [-0.25, -0.2) is 4.68 Å². The van der Waals surface area contributed by atoms with Gasteiger partial charge in [-0.2, -0.15) is 18.3 Å². The molecule has 2 aromatic carbocycles. The van der Waals surface area contributed by atoms with Crippen LogP contribution >= 0.6 is 12.2 Å².